The van der Waals surface area contributed by atoms with Crippen molar-refractivity contribution >= 4 is 28.9 Å². The van der Waals surface area contributed by atoms with Gasteiger partial charge in [-0.05, 0) is 32.0 Å². The molecule has 2 heterocycles. The van der Waals surface area contributed by atoms with Crippen molar-refractivity contribution in [3.05, 3.63) is 63.4 Å². The Morgan fingerprint density at radius 2 is 2.00 bits per heavy atom. The molecule has 0 bridgehead atoms. The number of carboxylic acids is 1. The Hall–Kier alpha value is -2.11. The van der Waals surface area contributed by atoms with Gasteiger partial charge in [-0.1, -0.05) is 23.7 Å². The number of carboxylic acid groups (broad SMARTS) is 1. The summed E-state index contributed by atoms with van der Waals surface area (Å²) in [5.41, 5.74) is 3.95. The lowest BCUT2D eigenvalue weighted by molar-refractivity contribution is 0.0696. The van der Waals surface area contributed by atoms with Crippen molar-refractivity contribution in [1.82, 2.24) is 9.55 Å². The molecule has 0 aliphatic rings. The standard InChI is InChI=1S/C17H15ClN2O2S/c1-10-7-15(17(21)22)11(2)20(10)8-14-9-23-16(19-14)12-3-5-13(18)6-4-12/h3-7,9H,8H2,1-2H3,(H,21,22). The van der Waals surface area contributed by atoms with Gasteiger partial charge in [-0.25, -0.2) is 9.78 Å². The Bertz CT molecular complexity index is 865. The fourth-order valence-electron chi connectivity index (χ4n) is 2.53. The average Bonchev–Trinajstić information content (AvgIpc) is 3.08. The van der Waals surface area contributed by atoms with Gasteiger partial charge in [0.15, 0.2) is 0 Å². The van der Waals surface area contributed by atoms with Gasteiger partial charge in [0.25, 0.3) is 0 Å². The predicted molar refractivity (Wildman–Crippen MR) is 92.5 cm³/mol. The molecule has 6 heteroatoms. The number of thiazole rings is 1. The Labute approximate surface area is 143 Å². The zero-order chi connectivity index (χ0) is 16.6. The summed E-state index contributed by atoms with van der Waals surface area (Å²) in [4.78, 5) is 15.9. The monoisotopic (exact) mass is 346 g/mol. The first-order valence-electron chi connectivity index (χ1n) is 7.06. The molecule has 23 heavy (non-hydrogen) atoms. The maximum Gasteiger partial charge on any atom is 0.337 e. The van der Waals surface area contributed by atoms with Crippen LogP contribution in [0.1, 0.15) is 27.4 Å². The molecule has 0 aliphatic carbocycles. The highest BCUT2D eigenvalue weighted by molar-refractivity contribution is 7.13. The van der Waals surface area contributed by atoms with Gasteiger partial charge < -0.3 is 9.67 Å². The minimum Gasteiger partial charge on any atom is -0.478 e. The maximum atomic E-state index is 11.2. The van der Waals surface area contributed by atoms with E-state index in [0.29, 0.717) is 17.1 Å². The lowest BCUT2D eigenvalue weighted by Gasteiger charge is -2.07. The van der Waals surface area contributed by atoms with Gasteiger partial charge in [0, 0.05) is 27.4 Å². The lowest BCUT2D eigenvalue weighted by atomic mass is 10.2. The molecule has 0 radical (unpaired) electrons. The summed E-state index contributed by atoms with van der Waals surface area (Å²) in [5.74, 6) is -0.899. The molecule has 0 fully saturated rings. The van der Waals surface area contributed by atoms with Crippen LogP contribution in [0.3, 0.4) is 0 Å². The minimum atomic E-state index is -0.899. The van der Waals surface area contributed by atoms with Crippen molar-refractivity contribution in [2.75, 3.05) is 0 Å². The Balaban J connectivity index is 1.88. The van der Waals surface area contributed by atoms with Crippen molar-refractivity contribution in [1.29, 1.82) is 0 Å². The SMILES string of the molecule is Cc1cc(C(=O)O)c(C)n1Cc1csc(-c2ccc(Cl)cc2)n1. The second-order valence-electron chi connectivity index (χ2n) is 5.33. The highest BCUT2D eigenvalue weighted by atomic mass is 35.5. The van der Waals surface area contributed by atoms with Crippen molar-refractivity contribution in [2.45, 2.75) is 20.4 Å². The fraction of sp³-hybridized carbons (Fsp3) is 0.176. The van der Waals surface area contributed by atoms with E-state index in [-0.39, 0.29) is 0 Å². The van der Waals surface area contributed by atoms with Crippen molar-refractivity contribution in [3.8, 4) is 10.6 Å². The molecule has 0 spiro atoms. The summed E-state index contributed by atoms with van der Waals surface area (Å²) in [6.07, 6.45) is 0. The first-order chi connectivity index (χ1) is 11.0. The predicted octanol–water partition coefficient (Wildman–Crippen LogP) is 4.63. The molecule has 3 rings (SSSR count). The second-order valence-corrected chi connectivity index (χ2v) is 6.62. The quantitative estimate of drug-likeness (QED) is 0.749. The van der Waals surface area contributed by atoms with E-state index in [9.17, 15) is 9.90 Å². The Morgan fingerprint density at radius 1 is 1.30 bits per heavy atom. The molecule has 0 saturated heterocycles. The van der Waals surface area contributed by atoms with Gasteiger partial charge in [0.2, 0.25) is 0 Å². The van der Waals surface area contributed by atoms with Gasteiger partial charge in [-0.2, -0.15) is 0 Å². The van der Waals surface area contributed by atoms with E-state index < -0.39 is 5.97 Å². The number of aryl methyl sites for hydroxylation is 1. The molecule has 0 unspecified atom stereocenters. The number of rotatable bonds is 4. The van der Waals surface area contributed by atoms with E-state index >= 15 is 0 Å². The van der Waals surface area contributed by atoms with Crippen LogP contribution in [0.15, 0.2) is 35.7 Å². The number of nitrogens with zero attached hydrogens (tertiary/aromatic N) is 2. The first-order valence-corrected chi connectivity index (χ1v) is 8.32. The van der Waals surface area contributed by atoms with Gasteiger partial charge in [-0.15, -0.1) is 11.3 Å². The number of hydrogen-bond acceptors (Lipinski definition) is 3. The van der Waals surface area contributed by atoms with Gasteiger partial charge in [0.1, 0.15) is 5.01 Å². The van der Waals surface area contributed by atoms with Crippen molar-refractivity contribution in [3.63, 3.8) is 0 Å². The van der Waals surface area contributed by atoms with Gasteiger partial charge in [0.05, 0.1) is 17.8 Å². The van der Waals surface area contributed by atoms with Crippen LogP contribution in [0.5, 0.6) is 0 Å². The summed E-state index contributed by atoms with van der Waals surface area (Å²) in [5, 5.41) is 12.8. The molecule has 0 amide bonds. The van der Waals surface area contributed by atoms with E-state index in [0.717, 1.165) is 27.7 Å². The summed E-state index contributed by atoms with van der Waals surface area (Å²) in [6, 6.07) is 9.28. The first kappa shape index (κ1) is 15.8. The Morgan fingerprint density at radius 3 is 2.61 bits per heavy atom. The molecular weight excluding hydrogens is 332 g/mol. The zero-order valence-electron chi connectivity index (χ0n) is 12.7. The normalized spacial score (nSPS) is 10.9. The second kappa shape index (κ2) is 6.18. The minimum absolute atomic E-state index is 0.343. The Kier molecular flexibility index (Phi) is 4.24. The van der Waals surface area contributed by atoms with Gasteiger partial charge >= 0.3 is 5.97 Å². The zero-order valence-corrected chi connectivity index (χ0v) is 14.3. The largest absolute Gasteiger partial charge is 0.478 e. The average molecular weight is 347 g/mol. The third-order valence-electron chi connectivity index (χ3n) is 3.77. The molecule has 2 aromatic heterocycles. The van der Waals surface area contributed by atoms with Crippen LogP contribution in [0.25, 0.3) is 10.6 Å². The molecule has 0 saturated carbocycles. The topological polar surface area (TPSA) is 55.1 Å². The summed E-state index contributed by atoms with van der Waals surface area (Å²) in [7, 11) is 0. The van der Waals surface area contributed by atoms with E-state index in [1.165, 1.54) is 0 Å². The molecule has 118 valence electrons. The van der Waals surface area contributed by atoms with Crippen LogP contribution in [0.2, 0.25) is 5.02 Å². The lowest BCUT2D eigenvalue weighted by Crippen LogP contribution is -2.06. The molecule has 1 N–H and O–H groups in total. The molecule has 3 aromatic rings. The highest BCUT2D eigenvalue weighted by Gasteiger charge is 2.15. The number of benzene rings is 1. The number of carbonyl (C=O) groups is 1. The van der Waals surface area contributed by atoms with Crippen LogP contribution in [0, 0.1) is 13.8 Å². The van der Waals surface area contributed by atoms with Crippen molar-refractivity contribution in [2.24, 2.45) is 0 Å². The third kappa shape index (κ3) is 3.16. The number of aromatic carboxylic acids is 1. The summed E-state index contributed by atoms with van der Waals surface area (Å²) in [6.45, 7) is 4.30. The fourth-order valence-corrected chi connectivity index (χ4v) is 3.47. The molecule has 0 aliphatic heterocycles. The van der Waals surface area contributed by atoms with E-state index in [4.69, 9.17) is 11.6 Å². The maximum absolute atomic E-state index is 11.2. The summed E-state index contributed by atoms with van der Waals surface area (Å²) < 4.78 is 1.98. The smallest absolute Gasteiger partial charge is 0.337 e. The van der Waals surface area contributed by atoms with Crippen LogP contribution in [-0.2, 0) is 6.54 Å². The summed E-state index contributed by atoms with van der Waals surface area (Å²) >= 11 is 7.47. The van der Waals surface area contributed by atoms with Crippen LogP contribution in [-0.4, -0.2) is 20.6 Å². The van der Waals surface area contributed by atoms with Crippen molar-refractivity contribution < 1.29 is 9.90 Å². The molecule has 1 aromatic carbocycles. The van der Waals surface area contributed by atoms with Crippen LogP contribution in [0.4, 0.5) is 0 Å². The highest BCUT2D eigenvalue weighted by Crippen LogP contribution is 2.26. The van der Waals surface area contributed by atoms with E-state index in [2.05, 4.69) is 4.98 Å². The van der Waals surface area contributed by atoms with Gasteiger partial charge in [-0.3, -0.25) is 0 Å². The third-order valence-corrected chi connectivity index (χ3v) is 4.96. The van der Waals surface area contributed by atoms with Crippen LogP contribution >= 0.6 is 22.9 Å². The van der Waals surface area contributed by atoms with E-state index in [1.807, 2.05) is 48.1 Å². The molecule has 4 nitrogen and oxygen atoms in total. The molecule has 0 atom stereocenters. The van der Waals surface area contributed by atoms with E-state index in [1.54, 1.807) is 17.4 Å². The number of aromatic nitrogens is 2. The van der Waals surface area contributed by atoms with Crippen LogP contribution < -0.4 is 0 Å². The number of hydrogen-bond donors (Lipinski definition) is 1. The number of halogens is 1. The molecular formula is C17H15ClN2O2S.